The number of aromatic hydroxyl groups is 1. The quantitative estimate of drug-likeness (QED) is 0.652. The highest BCUT2D eigenvalue weighted by Gasteiger charge is 2.11. The molecule has 7 heteroatoms. The van der Waals surface area contributed by atoms with Gasteiger partial charge in [-0.15, -0.1) is 0 Å². The summed E-state index contributed by atoms with van der Waals surface area (Å²) in [4.78, 5) is 2.25. The summed E-state index contributed by atoms with van der Waals surface area (Å²) >= 11 is 0. The third kappa shape index (κ3) is 3.76. The van der Waals surface area contributed by atoms with E-state index < -0.39 is 10.0 Å². The van der Waals surface area contributed by atoms with Crippen LogP contribution < -0.4 is 9.57 Å². The number of ether oxygens (including phenoxy) is 1. The summed E-state index contributed by atoms with van der Waals surface area (Å²) in [5.74, 6) is 0.283. The lowest BCUT2D eigenvalue weighted by Gasteiger charge is -2.04. The minimum Gasteiger partial charge on any atom is -0.504 e. The fourth-order valence-electron chi connectivity index (χ4n) is 1.73. The van der Waals surface area contributed by atoms with Gasteiger partial charge in [0.1, 0.15) is 0 Å². The zero-order valence-corrected chi connectivity index (χ0v) is 13.0. The summed E-state index contributed by atoms with van der Waals surface area (Å²) in [5.41, 5.74) is 1.50. The number of hydrogen-bond acceptors (Lipinski definition) is 5. The molecule has 0 aliphatic rings. The maximum absolute atomic E-state index is 12.0. The fourth-order valence-corrected chi connectivity index (χ4v) is 2.52. The summed E-state index contributed by atoms with van der Waals surface area (Å²) in [6.07, 6.45) is 1.30. The molecule has 2 N–H and O–H groups in total. The van der Waals surface area contributed by atoms with Crippen LogP contribution in [0.1, 0.15) is 11.1 Å². The molecule has 0 saturated carbocycles. The van der Waals surface area contributed by atoms with E-state index in [1.165, 1.54) is 31.5 Å². The van der Waals surface area contributed by atoms with Crippen molar-refractivity contribution in [2.24, 2.45) is 5.10 Å². The van der Waals surface area contributed by atoms with Gasteiger partial charge in [0.2, 0.25) is 0 Å². The molecule has 0 aliphatic carbocycles. The summed E-state index contributed by atoms with van der Waals surface area (Å²) in [7, 11) is -2.26. The van der Waals surface area contributed by atoms with Crippen LogP contribution in [0.5, 0.6) is 11.5 Å². The van der Waals surface area contributed by atoms with E-state index in [-0.39, 0.29) is 10.6 Å². The molecular formula is C15H16N2O4S. The molecule has 0 atom stereocenters. The molecule has 0 amide bonds. The highest BCUT2D eigenvalue weighted by Crippen LogP contribution is 2.25. The Balaban J connectivity index is 2.11. The Kier molecular flexibility index (Phi) is 4.67. The predicted molar refractivity (Wildman–Crippen MR) is 83.8 cm³/mol. The lowest BCUT2D eigenvalue weighted by Crippen LogP contribution is -2.18. The van der Waals surface area contributed by atoms with Crippen LogP contribution in [0.2, 0.25) is 0 Å². The van der Waals surface area contributed by atoms with Crippen molar-refractivity contribution in [1.82, 2.24) is 4.83 Å². The Labute approximate surface area is 129 Å². The number of methoxy groups -OCH3 is 1. The topological polar surface area (TPSA) is 88.0 Å². The number of aryl methyl sites for hydroxylation is 1. The Morgan fingerprint density at radius 3 is 2.45 bits per heavy atom. The molecule has 0 bridgehead atoms. The van der Waals surface area contributed by atoms with Gasteiger partial charge in [-0.25, -0.2) is 4.83 Å². The Hall–Kier alpha value is -2.54. The molecular weight excluding hydrogens is 304 g/mol. The molecule has 22 heavy (non-hydrogen) atoms. The van der Waals surface area contributed by atoms with Crippen molar-refractivity contribution in [2.45, 2.75) is 11.8 Å². The summed E-state index contributed by atoms with van der Waals surface area (Å²) in [5, 5.41) is 13.3. The number of benzene rings is 2. The highest BCUT2D eigenvalue weighted by molar-refractivity contribution is 7.89. The van der Waals surface area contributed by atoms with Crippen molar-refractivity contribution >= 4 is 16.2 Å². The van der Waals surface area contributed by atoms with E-state index in [4.69, 9.17) is 4.74 Å². The first-order chi connectivity index (χ1) is 10.4. The van der Waals surface area contributed by atoms with E-state index in [2.05, 4.69) is 9.93 Å². The van der Waals surface area contributed by atoms with Gasteiger partial charge in [-0.2, -0.15) is 13.5 Å². The van der Waals surface area contributed by atoms with Crippen molar-refractivity contribution < 1.29 is 18.3 Å². The minimum absolute atomic E-state index is 0.0483. The van der Waals surface area contributed by atoms with Gasteiger partial charge in [-0.1, -0.05) is 17.7 Å². The summed E-state index contributed by atoms with van der Waals surface area (Å²) in [6, 6.07) is 11.0. The molecule has 0 spiro atoms. The SMILES string of the molecule is COc1ccc(/C=N\NS(=O)(=O)c2ccc(C)cc2)cc1O. The van der Waals surface area contributed by atoms with Crippen LogP contribution in [0.15, 0.2) is 52.5 Å². The monoisotopic (exact) mass is 320 g/mol. The molecule has 116 valence electrons. The highest BCUT2D eigenvalue weighted by atomic mass is 32.2. The summed E-state index contributed by atoms with van der Waals surface area (Å²) in [6.45, 7) is 1.87. The molecule has 6 nitrogen and oxygen atoms in total. The van der Waals surface area contributed by atoms with Crippen LogP contribution in [0.25, 0.3) is 0 Å². The van der Waals surface area contributed by atoms with Gasteiger partial charge in [-0.05, 0) is 42.8 Å². The average molecular weight is 320 g/mol. The van der Waals surface area contributed by atoms with Crippen LogP contribution in [-0.4, -0.2) is 26.8 Å². The van der Waals surface area contributed by atoms with Gasteiger partial charge in [0, 0.05) is 0 Å². The number of rotatable bonds is 5. The second-order valence-electron chi connectivity index (χ2n) is 4.60. The first-order valence-corrected chi connectivity index (χ1v) is 7.89. The first-order valence-electron chi connectivity index (χ1n) is 6.41. The van der Waals surface area contributed by atoms with E-state index in [0.29, 0.717) is 11.3 Å². The van der Waals surface area contributed by atoms with E-state index in [0.717, 1.165) is 5.56 Å². The van der Waals surface area contributed by atoms with Crippen LogP contribution >= 0.6 is 0 Å². The van der Waals surface area contributed by atoms with Crippen LogP contribution in [0, 0.1) is 6.92 Å². The van der Waals surface area contributed by atoms with Gasteiger partial charge in [0.05, 0.1) is 18.2 Å². The minimum atomic E-state index is -3.71. The number of phenols is 1. The molecule has 0 aliphatic heterocycles. The normalized spacial score (nSPS) is 11.5. The molecule has 0 aromatic heterocycles. The molecule has 2 aromatic carbocycles. The van der Waals surface area contributed by atoms with Crippen LogP contribution in [0.4, 0.5) is 0 Å². The third-order valence-corrected chi connectivity index (χ3v) is 4.16. The zero-order chi connectivity index (χ0) is 16.2. The molecule has 0 saturated heterocycles. The second-order valence-corrected chi connectivity index (χ2v) is 6.26. The zero-order valence-electron chi connectivity index (χ0n) is 12.1. The van der Waals surface area contributed by atoms with E-state index in [9.17, 15) is 13.5 Å². The van der Waals surface area contributed by atoms with E-state index >= 15 is 0 Å². The first kappa shape index (κ1) is 15.8. The fraction of sp³-hybridized carbons (Fsp3) is 0.133. The van der Waals surface area contributed by atoms with Crippen molar-refractivity contribution in [3.05, 3.63) is 53.6 Å². The molecule has 0 heterocycles. The average Bonchev–Trinajstić information content (AvgIpc) is 2.48. The second kappa shape index (κ2) is 6.48. The lowest BCUT2D eigenvalue weighted by atomic mass is 10.2. The number of nitrogens with one attached hydrogen (secondary N) is 1. The van der Waals surface area contributed by atoms with Crippen LogP contribution in [0.3, 0.4) is 0 Å². The van der Waals surface area contributed by atoms with Crippen molar-refractivity contribution in [3.63, 3.8) is 0 Å². The maximum Gasteiger partial charge on any atom is 0.276 e. The lowest BCUT2D eigenvalue weighted by molar-refractivity contribution is 0.373. The van der Waals surface area contributed by atoms with E-state index in [1.54, 1.807) is 24.3 Å². The predicted octanol–water partition coefficient (Wildman–Crippen LogP) is 2.02. The van der Waals surface area contributed by atoms with Crippen molar-refractivity contribution in [1.29, 1.82) is 0 Å². The van der Waals surface area contributed by atoms with Gasteiger partial charge in [0.15, 0.2) is 11.5 Å². The van der Waals surface area contributed by atoms with Gasteiger partial charge >= 0.3 is 0 Å². The number of phenolic OH excluding ortho intramolecular Hbond substituents is 1. The molecule has 2 rings (SSSR count). The van der Waals surface area contributed by atoms with Gasteiger partial charge < -0.3 is 9.84 Å². The van der Waals surface area contributed by atoms with Gasteiger partial charge in [0.25, 0.3) is 10.0 Å². The van der Waals surface area contributed by atoms with Crippen LogP contribution in [-0.2, 0) is 10.0 Å². The third-order valence-electron chi connectivity index (χ3n) is 2.92. The number of sulfonamides is 1. The number of hydrogen-bond donors (Lipinski definition) is 2. The molecule has 0 radical (unpaired) electrons. The molecule has 2 aromatic rings. The smallest absolute Gasteiger partial charge is 0.276 e. The summed E-state index contributed by atoms with van der Waals surface area (Å²) < 4.78 is 28.9. The molecule has 0 unspecified atom stereocenters. The van der Waals surface area contributed by atoms with E-state index in [1.807, 2.05) is 6.92 Å². The van der Waals surface area contributed by atoms with Crippen molar-refractivity contribution in [3.8, 4) is 11.5 Å². The van der Waals surface area contributed by atoms with Crippen molar-refractivity contribution in [2.75, 3.05) is 7.11 Å². The Bertz CT molecular complexity index is 784. The Morgan fingerprint density at radius 2 is 1.86 bits per heavy atom. The maximum atomic E-state index is 12.0. The molecule has 0 fully saturated rings. The number of nitrogens with zero attached hydrogens (tertiary/aromatic N) is 1. The van der Waals surface area contributed by atoms with Gasteiger partial charge in [-0.3, -0.25) is 0 Å². The number of hydrazone groups is 1. The largest absolute Gasteiger partial charge is 0.504 e. The Morgan fingerprint density at radius 1 is 1.18 bits per heavy atom. The standard InChI is InChI=1S/C15H16N2O4S/c1-11-3-6-13(7-4-11)22(19,20)17-16-10-12-5-8-15(21-2)14(18)9-12/h3-10,17-18H,1-2H3/b16-10-.